The predicted octanol–water partition coefficient (Wildman–Crippen LogP) is 3.90. The highest BCUT2D eigenvalue weighted by Crippen LogP contribution is 2.20. The second kappa shape index (κ2) is 10.3. The first-order chi connectivity index (χ1) is 14.4. The van der Waals surface area contributed by atoms with E-state index in [0.717, 1.165) is 44.0 Å². The summed E-state index contributed by atoms with van der Waals surface area (Å²) in [5.41, 5.74) is 3.51. The van der Waals surface area contributed by atoms with Crippen LogP contribution in [0.2, 0.25) is 0 Å². The Labute approximate surface area is 180 Å². The topological polar surface area (TPSA) is 36.0 Å². The lowest BCUT2D eigenvalue weighted by Crippen LogP contribution is -2.48. The number of rotatable bonds is 7. The zero-order valence-corrected chi connectivity index (χ0v) is 18.5. The van der Waals surface area contributed by atoms with Gasteiger partial charge in [-0.1, -0.05) is 24.3 Å². The van der Waals surface area contributed by atoms with E-state index in [1.807, 2.05) is 49.1 Å². The smallest absolute Gasteiger partial charge is 0.246 e. The Morgan fingerprint density at radius 3 is 2.50 bits per heavy atom. The number of hydrogen-bond donors (Lipinski definition) is 0. The lowest BCUT2D eigenvalue weighted by molar-refractivity contribution is -0.126. The molecule has 30 heavy (non-hydrogen) atoms. The maximum Gasteiger partial charge on any atom is 0.246 e. The molecule has 0 atom stereocenters. The molecule has 0 radical (unpaired) electrons. The van der Waals surface area contributed by atoms with E-state index in [4.69, 9.17) is 4.74 Å². The molecule has 0 saturated carbocycles. The molecule has 0 N–H and O–H groups in total. The molecule has 1 aliphatic rings. The van der Waals surface area contributed by atoms with Crippen LogP contribution in [-0.2, 0) is 11.3 Å². The summed E-state index contributed by atoms with van der Waals surface area (Å²) in [6, 6.07) is 16.5. The highest BCUT2D eigenvalue weighted by Gasteiger charge is 2.20. The lowest BCUT2D eigenvalue weighted by Gasteiger charge is -2.36. The van der Waals surface area contributed by atoms with Gasteiger partial charge in [-0.15, -0.1) is 0 Å². The largest absolute Gasteiger partial charge is 0.491 e. The van der Waals surface area contributed by atoms with Gasteiger partial charge in [0.1, 0.15) is 5.75 Å². The summed E-state index contributed by atoms with van der Waals surface area (Å²) in [5.74, 6) is 0.885. The van der Waals surface area contributed by atoms with E-state index in [9.17, 15) is 4.79 Å². The lowest BCUT2D eigenvalue weighted by atomic mass is 10.1. The minimum absolute atomic E-state index is 0.0613. The van der Waals surface area contributed by atoms with Gasteiger partial charge in [-0.05, 0) is 69.4 Å². The molecule has 1 heterocycles. The Balaban J connectivity index is 1.55. The minimum Gasteiger partial charge on any atom is -0.491 e. The number of nitrogens with zero attached hydrogens (tertiary/aromatic N) is 3. The second-order valence-corrected chi connectivity index (χ2v) is 8.29. The minimum atomic E-state index is 0.0613. The molecule has 2 aromatic carbocycles. The molecule has 0 spiro atoms. The van der Waals surface area contributed by atoms with Crippen LogP contribution in [0.15, 0.2) is 54.6 Å². The molecule has 2 aromatic rings. The van der Waals surface area contributed by atoms with Gasteiger partial charge in [0.05, 0.1) is 6.10 Å². The van der Waals surface area contributed by atoms with Crippen LogP contribution in [0.4, 0.5) is 5.69 Å². The molecule has 5 nitrogen and oxygen atoms in total. The second-order valence-electron chi connectivity index (χ2n) is 8.29. The summed E-state index contributed by atoms with van der Waals surface area (Å²) in [5, 5.41) is 0. The summed E-state index contributed by atoms with van der Waals surface area (Å²) in [6.07, 6.45) is 3.67. The fraction of sp³-hybridized carbons (Fsp3) is 0.400. The number of hydrogen-bond acceptors (Lipinski definition) is 4. The molecule has 1 fully saturated rings. The molecule has 5 heteroatoms. The monoisotopic (exact) mass is 407 g/mol. The van der Waals surface area contributed by atoms with Crippen LogP contribution in [-0.4, -0.2) is 62.1 Å². The van der Waals surface area contributed by atoms with Gasteiger partial charge in [-0.25, -0.2) is 0 Å². The predicted molar refractivity (Wildman–Crippen MR) is 124 cm³/mol. The van der Waals surface area contributed by atoms with Crippen molar-refractivity contribution < 1.29 is 9.53 Å². The molecule has 3 rings (SSSR count). The van der Waals surface area contributed by atoms with Crippen LogP contribution in [0, 0.1) is 0 Å². The maximum atomic E-state index is 12.6. The van der Waals surface area contributed by atoms with E-state index in [1.165, 1.54) is 11.3 Å². The van der Waals surface area contributed by atoms with Gasteiger partial charge in [-0.2, -0.15) is 0 Å². The Morgan fingerprint density at radius 2 is 1.80 bits per heavy atom. The Kier molecular flexibility index (Phi) is 7.52. The molecular weight excluding hydrogens is 374 g/mol. The molecular formula is C25H33N3O2. The van der Waals surface area contributed by atoms with Crippen molar-refractivity contribution >= 4 is 17.7 Å². The number of ether oxygens (including phenoxy) is 1. The van der Waals surface area contributed by atoms with Crippen molar-refractivity contribution in [1.29, 1.82) is 0 Å². The molecule has 0 aliphatic carbocycles. The quantitative estimate of drug-likeness (QED) is 0.653. The highest BCUT2D eigenvalue weighted by atomic mass is 16.5. The summed E-state index contributed by atoms with van der Waals surface area (Å²) < 4.78 is 5.72. The number of carbonyl (C=O) groups excluding carboxylic acids is 1. The van der Waals surface area contributed by atoms with Crippen LogP contribution in [0.25, 0.3) is 6.08 Å². The van der Waals surface area contributed by atoms with Crippen LogP contribution < -0.4 is 9.64 Å². The van der Waals surface area contributed by atoms with Crippen molar-refractivity contribution in [2.45, 2.75) is 26.5 Å². The maximum absolute atomic E-state index is 12.6. The first kappa shape index (κ1) is 21.9. The normalized spacial score (nSPS) is 14.7. The van der Waals surface area contributed by atoms with Gasteiger partial charge >= 0.3 is 0 Å². The summed E-state index contributed by atoms with van der Waals surface area (Å²) in [4.78, 5) is 19.1. The number of amides is 1. The fourth-order valence-electron chi connectivity index (χ4n) is 3.64. The van der Waals surface area contributed by atoms with Crippen LogP contribution in [0.3, 0.4) is 0 Å². The van der Waals surface area contributed by atoms with Crippen molar-refractivity contribution in [2.75, 3.05) is 45.2 Å². The van der Waals surface area contributed by atoms with Crippen LogP contribution in [0.5, 0.6) is 5.75 Å². The molecule has 1 aliphatic heterocycles. The zero-order chi connectivity index (χ0) is 21.5. The third kappa shape index (κ3) is 6.36. The number of carbonyl (C=O) groups is 1. The van der Waals surface area contributed by atoms with E-state index in [0.29, 0.717) is 0 Å². The van der Waals surface area contributed by atoms with Gasteiger partial charge in [0.2, 0.25) is 5.91 Å². The fourth-order valence-corrected chi connectivity index (χ4v) is 3.64. The van der Waals surface area contributed by atoms with Gasteiger partial charge in [0, 0.05) is 44.5 Å². The van der Waals surface area contributed by atoms with Gasteiger partial charge in [0.15, 0.2) is 0 Å². The standard InChI is InChI=1S/C25H33N3O2/c1-20(2)30-24-10-6-7-21(18-24)11-12-25(29)28-15-13-27(14-16-28)23-9-5-8-22(17-23)19-26(3)4/h5-12,17-18,20H,13-16,19H2,1-4H3/b12-11+. The average molecular weight is 408 g/mol. The number of piperazine rings is 1. The van der Waals surface area contributed by atoms with Gasteiger partial charge in [0.25, 0.3) is 0 Å². The average Bonchev–Trinajstić information content (AvgIpc) is 2.72. The van der Waals surface area contributed by atoms with Crippen LogP contribution in [0.1, 0.15) is 25.0 Å². The van der Waals surface area contributed by atoms with Crippen molar-refractivity contribution in [1.82, 2.24) is 9.80 Å². The van der Waals surface area contributed by atoms with E-state index >= 15 is 0 Å². The molecule has 160 valence electrons. The Hall–Kier alpha value is -2.79. The molecule has 1 saturated heterocycles. The summed E-state index contributed by atoms with van der Waals surface area (Å²) >= 11 is 0. The van der Waals surface area contributed by atoms with Gasteiger partial charge in [-0.3, -0.25) is 4.79 Å². The number of benzene rings is 2. The van der Waals surface area contributed by atoms with Crippen molar-refractivity contribution in [2.24, 2.45) is 0 Å². The van der Waals surface area contributed by atoms with Crippen molar-refractivity contribution in [3.63, 3.8) is 0 Å². The van der Waals surface area contributed by atoms with E-state index < -0.39 is 0 Å². The van der Waals surface area contributed by atoms with Crippen molar-refractivity contribution in [3.05, 3.63) is 65.7 Å². The SMILES string of the molecule is CC(C)Oc1cccc(/C=C/C(=O)N2CCN(c3cccc(CN(C)C)c3)CC2)c1. The summed E-state index contributed by atoms with van der Waals surface area (Å²) in [7, 11) is 4.16. The summed E-state index contributed by atoms with van der Waals surface area (Å²) in [6.45, 7) is 8.11. The van der Waals surface area contributed by atoms with Crippen molar-refractivity contribution in [3.8, 4) is 5.75 Å². The van der Waals surface area contributed by atoms with Gasteiger partial charge < -0.3 is 19.4 Å². The molecule has 1 amide bonds. The third-order valence-corrected chi connectivity index (χ3v) is 5.01. The van der Waals surface area contributed by atoms with E-state index in [-0.39, 0.29) is 12.0 Å². The highest BCUT2D eigenvalue weighted by molar-refractivity contribution is 5.92. The number of anilines is 1. The van der Waals surface area contributed by atoms with E-state index in [1.54, 1.807) is 6.08 Å². The molecule has 0 unspecified atom stereocenters. The van der Waals surface area contributed by atoms with E-state index in [2.05, 4.69) is 48.2 Å². The Bertz CT molecular complexity index is 868. The molecule has 0 aromatic heterocycles. The first-order valence-corrected chi connectivity index (χ1v) is 10.6. The first-order valence-electron chi connectivity index (χ1n) is 10.6. The Morgan fingerprint density at radius 1 is 1.07 bits per heavy atom. The van der Waals surface area contributed by atoms with Crippen LogP contribution >= 0.6 is 0 Å². The zero-order valence-electron chi connectivity index (χ0n) is 18.5. The third-order valence-electron chi connectivity index (χ3n) is 5.01. The molecule has 0 bridgehead atoms.